The Hall–Kier alpha value is -5.20. The molecule has 470 valence electrons. The Bertz CT molecular complexity index is 3760. The predicted molar refractivity (Wildman–Crippen MR) is 330 cm³/mol. The maximum absolute atomic E-state index is 12.8. The summed E-state index contributed by atoms with van der Waals surface area (Å²) in [5.74, 6) is -1.12. The van der Waals surface area contributed by atoms with Crippen LogP contribution in [0.3, 0.4) is 0 Å². The summed E-state index contributed by atoms with van der Waals surface area (Å²) in [6, 6.07) is 19.1. The number of nitrogen functional groups attached to an aromatic ring is 1. The van der Waals surface area contributed by atoms with Crippen molar-refractivity contribution in [2.75, 3.05) is 46.6 Å². The fraction of sp³-hybridized carbons (Fsp3) is 0.276. The van der Waals surface area contributed by atoms with E-state index in [0.717, 1.165) is 58.1 Å². The number of alkyl halides is 6. The van der Waals surface area contributed by atoms with Gasteiger partial charge in [-0.25, -0.2) is 24.4 Å². The first kappa shape index (κ1) is 78.9. The molecule has 0 spiro atoms. The Morgan fingerprint density at radius 2 is 0.943 bits per heavy atom. The monoisotopic (exact) mass is 1440 g/mol. The average Bonchev–Trinajstić information content (AvgIpc) is 3.37. The summed E-state index contributed by atoms with van der Waals surface area (Å²) in [4.78, 5) is 54.3. The molecule has 2 heterocycles. The zero-order chi connectivity index (χ0) is 64.9. The number of carbonyl (C=O) groups is 4. The number of phenolic OH excluding ortho intramolecular Hbond substituents is 1. The number of nitrogens with one attached hydrogen (secondary N) is 1. The van der Waals surface area contributed by atoms with Crippen LogP contribution in [0, 0.1) is 0 Å². The first-order valence-corrected chi connectivity index (χ1v) is 28.8. The Morgan fingerprint density at radius 1 is 0.568 bits per heavy atom. The maximum Gasteiger partial charge on any atom is 1.00 e. The second-order valence-electron chi connectivity index (χ2n) is 18.6. The number of halogens is 11. The van der Waals surface area contributed by atoms with Crippen molar-refractivity contribution >= 4 is 140 Å². The fourth-order valence-electron chi connectivity index (χ4n) is 7.66. The molecule has 6 N–H and O–H groups in total. The van der Waals surface area contributed by atoms with Gasteiger partial charge in [0.2, 0.25) is 0 Å². The van der Waals surface area contributed by atoms with E-state index in [4.69, 9.17) is 76.2 Å². The van der Waals surface area contributed by atoms with Crippen LogP contribution in [0.2, 0.25) is 20.1 Å². The molecule has 0 saturated heterocycles. The third-order valence-electron chi connectivity index (χ3n) is 11.7. The minimum atomic E-state index is -4.46. The third-order valence-corrected chi connectivity index (χ3v) is 15.0. The molecule has 0 bridgehead atoms. The molecule has 8 rings (SSSR count). The average molecular weight is 1440 g/mol. The second-order valence-corrected chi connectivity index (χ2v) is 23.3. The number of methoxy groups -OCH3 is 5. The normalized spacial score (nSPS) is 10.8. The molecule has 6 aromatic carbocycles. The van der Waals surface area contributed by atoms with Crippen LogP contribution in [-0.4, -0.2) is 85.0 Å². The molecule has 0 aliphatic heterocycles. The van der Waals surface area contributed by atoms with E-state index in [1.807, 2.05) is 41.5 Å². The molecule has 0 atom stereocenters. The fourth-order valence-corrected chi connectivity index (χ4v) is 11.0. The summed E-state index contributed by atoms with van der Waals surface area (Å²) in [5, 5.41) is 23.9. The Morgan fingerprint density at radius 3 is 1.35 bits per heavy atom. The van der Waals surface area contributed by atoms with Gasteiger partial charge in [-0.2, -0.15) is 26.3 Å². The minimum Gasteiger partial charge on any atom is -0.870 e. The summed E-state index contributed by atoms with van der Waals surface area (Å²) >= 11 is 28.8. The van der Waals surface area contributed by atoms with Gasteiger partial charge in [0.25, 0.3) is 5.91 Å². The maximum atomic E-state index is 12.8. The number of hydrogen-bond donors (Lipinski definition) is 4. The number of ether oxygens (including phenoxy) is 5. The number of hydrogen-bond acceptors (Lipinski definition) is 16. The molecular weight excluding hydrogens is 1380 g/mol. The van der Waals surface area contributed by atoms with Crippen molar-refractivity contribution in [3.8, 4) is 23.0 Å². The number of carbonyl (C=O) groups excluding carboxylic acids is 3. The number of esters is 2. The van der Waals surface area contributed by atoms with E-state index in [0.29, 0.717) is 78.9 Å². The molecule has 16 nitrogen and oxygen atoms in total. The van der Waals surface area contributed by atoms with Gasteiger partial charge in [0.05, 0.1) is 77.1 Å². The van der Waals surface area contributed by atoms with Crippen LogP contribution < -0.4 is 76.6 Å². The van der Waals surface area contributed by atoms with Crippen molar-refractivity contribution in [1.82, 2.24) is 9.97 Å². The van der Waals surface area contributed by atoms with E-state index in [2.05, 4.69) is 36.0 Å². The molecular formula is C58H56BrCl4F6KN4O12S2. The van der Waals surface area contributed by atoms with Crippen LogP contribution in [0.4, 0.5) is 36.6 Å². The standard InChI is InChI=1S/C18H14ClF3N2O2S.C12H15ClO3.C11H13ClO3.C9H8BrClO3.C8H5F3N2S.K.H2O/c1-8(2)11-6-10(19)7-12(15(11)25)16(26)24-17-23-13-4-3-9(18(20,21)22)5-14(13)27-17;1-7(2)9-5-8(13)6-10(11(9)15-3)12(14)16-4;1-6(2)8-4-7(12)5-9(11(13)14)10(8)15-3;1-13-8-6(9(12)14-2)3-5(11)4-7(8)10;9-8(10,11)4-1-2-5-6(3-4)14-7(12)13-5;;/h3-8,25H,1-2H3,(H,23,24,26);5-7H,1-4H3;4-6H,1-3H3,(H,13,14);3-4H,1-2H3;1-3H,(H2,12,13);;1H2/q;;;;;+1;/p-1. The summed E-state index contributed by atoms with van der Waals surface area (Å²) in [7, 11) is 7.10. The number of aromatic hydroxyl groups is 1. The van der Waals surface area contributed by atoms with Crippen LogP contribution in [0.1, 0.15) is 129 Å². The van der Waals surface area contributed by atoms with Crippen LogP contribution >= 0.6 is 85.0 Å². The first-order valence-electron chi connectivity index (χ1n) is 24.8. The Kier molecular flexibility index (Phi) is 31.2. The molecule has 2 aromatic heterocycles. The van der Waals surface area contributed by atoms with Crippen LogP contribution in [0.25, 0.3) is 20.4 Å². The van der Waals surface area contributed by atoms with Gasteiger partial charge in [0.1, 0.15) is 39.7 Å². The van der Waals surface area contributed by atoms with Gasteiger partial charge >= 0.3 is 81.6 Å². The number of phenols is 1. The summed E-state index contributed by atoms with van der Waals surface area (Å²) in [6.45, 7) is 11.6. The summed E-state index contributed by atoms with van der Waals surface area (Å²) in [6.07, 6.45) is -8.77. The number of aromatic carboxylic acids is 1. The number of amides is 1. The molecule has 0 aliphatic rings. The summed E-state index contributed by atoms with van der Waals surface area (Å²) < 4.78 is 101. The van der Waals surface area contributed by atoms with Gasteiger partial charge in [-0.3, -0.25) is 10.1 Å². The van der Waals surface area contributed by atoms with Crippen molar-refractivity contribution in [2.24, 2.45) is 0 Å². The molecule has 0 unspecified atom stereocenters. The third kappa shape index (κ3) is 21.5. The van der Waals surface area contributed by atoms with E-state index < -0.39 is 47.3 Å². The zero-order valence-corrected chi connectivity index (χ0v) is 58.1. The Labute approximate surface area is 580 Å². The molecule has 0 radical (unpaired) electrons. The van der Waals surface area contributed by atoms with E-state index in [1.54, 1.807) is 30.3 Å². The number of carboxylic acids is 1. The number of thiazole rings is 2. The van der Waals surface area contributed by atoms with E-state index in [1.165, 1.54) is 65.9 Å². The number of nitrogens with zero attached hydrogens (tertiary/aromatic N) is 2. The Balaban J connectivity index is 0.000000384. The van der Waals surface area contributed by atoms with E-state index >= 15 is 0 Å². The van der Waals surface area contributed by atoms with Crippen molar-refractivity contribution in [2.45, 2.75) is 71.6 Å². The van der Waals surface area contributed by atoms with E-state index in [-0.39, 0.29) is 102 Å². The molecule has 0 aliphatic carbocycles. The van der Waals surface area contributed by atoms with Crippen molar-refractivity contribution in [3.05, 3.63) is 160 Å². The zero-order valence-electron chi connectivity index (χ0n) is 48.8. The number of nitrogens with two attached hydrogens (primary N) is 1. The quantitative estimate of drug-likeness (QED) is 0.0534. The minimum absolute atomic E-state index is 0. The SMILES string of the molecule is CC(C)c1cc(Cl)cc(C(=O)Nc2nc3ccc(C(F)(F)F)cc3s2)c1O.COC(=O)c1cc(Cl)cc(Br)c1OC.COC(=O)c1cc(Cl)cc(C(C)C)c1OC.COc1c(C(=O)O)cc(Cl)cc1C(C)C.Nc1nc2ccc(C(F)(F)F)cc2s1.[K+].[OH-]. The summed E-state index contributed by atoms with van der Waals surface area (Å²) in [5.41, 5.74) is 7.72. The first-order chi connectivity index (χ1) is 40.1. The van der Waals surface area contributed by atoms with Crippen molar-refractivity contribution in [3.63, 3.8) is 0 Å². The van der Waals surface area contributed by atoms with Crippen LogP contribution in [0.5, 0.6) is 23.0 Å². The number of benzene rings is 6. The molecule has 88 heavy (non-hydrogen) atoms. The number of rotatable bonds is 11. The van der Waals surface area contributed by atoms with Crippen molar-refractivity contribution < 1.29 is 136 Å². The van der Waals surface area contributed by atoms with Gasteiger partial charge in [0.15, 0.2) is 10.3 Å². The smallest absolute Gasteiger partial charge is 0.870 e. The van der Waals surface area contributed by atoms with Crippen molar-refractivity contribution in [1.29, 1.82) is 0 Å². The molecule has 0 fully saturated rings. The largest absolute Gasteiger partial charge is 1.00 e. The van der Waals surface area contributed by atoms with E-state index in [9.17, 15) is 50.6 Å². The topological polar surface area (TPSA) is 249 Å². The van der Waals surface area contributed by atoms with Crippen LogP contribution in [0.15, 0.2) is 89.4 Å². The molecule has 8 aromatic rings. The molecule has 0 saturated carbocycles. The second kappa shape index (κ2) is 34.8. The van der Waals surface area contributed by atoms with Gasteiger partial charge in [-0.1, -0.05) is 111 Å². The number of carboxylic acid groups (broad SMARTS) is 1. The van der Waals surface area contributed by atoms with Crippen LogP contribution in [-0.2, 0) is 21.8 Å². The molecule has 30 heteroatoms. The van der Waals surface area contributed by atoms with Gasteiger partial charge in [0, 0.05) is 20.1 Å². The number of fused-ring (bicyclic) bond motifs is 2. The molecule has 1 amide bonds. The van der Waals surface area contributed by atoms with Gasteiger partial charge in [-0.15, -0.1) is 0 Å². The predicted octanol–water partition coefficient (Wildman–Crippen LogP) is 15.1. The van der Waals surface area contributed by atoms with Gasteiger partial charge in [-0.05, 0) is 135 Å². The number of aromatic nitrogens is 2. The van der Waals surface area contributed by atoms with Gasteiger partial charge < -0.3 is 45.1 Å². The number of anilines is 2.